The van der Waals surface area contributed by atoms with Gasteiger partial charge in [-0.2, -0.15) is 5.10 Å². The third-order valence-electron chi connectivity index (χ3n) is 6.52. The molecule has 2 atom stereocenters. The number of halogens is 3. The summed E-state index contributed by atoms with van der Waals surface area (Å²) >= 11 is 6.28. The monoisotopic (exact) mass is 507 g/mol. The Hall–Kier alpha value is -3.91. The van der Waals surface area contributed by atoms with Gasteiger partial charge >= 0.3 is 0 Å². The van der Waals surface area contributed by atoms with Crippen LogP contribution in [0.25, 0.3) is 6.08 Å². The predicted octanol–water partition coefficient (Wildman–Crippen LogP) is 6.96. The quantitative estimate of drug-likeness (QED) is 0.283. The van der Waals surface area contributed by atoms with Crippen LogP contribution in [-0.2, 0) is 0 Å². The minimum absolute atomic E-state index is 0.0370. The van der Waals surface area contributed by atoms with E-state index in [0.29, 0.717) is 5.56 Å². The molecule has 5 rings (SSSR count). The molecule has 1 fully saturated rings. The van der Waals surface area contributed by atoms with Gasteiger partial charge < -0.3 is 0 Å². The zero-order valence-corrected chi connectivity index (χ0v) is 19.7. The number of nitrogens with zero attached hydrogens (tertiary/aromatic N) is 3. The van der Waals surface area contributed by atoms with E-state index in [9.17, 15) is 23.7 Å². The summed E-state index contributed by atoms with van der Waals surface area (Å²) in [6.07, 6.45) is 4.24. The fourth-order valence-electron chi connectivity index (χ4n) is 4.84. The van der Waals surface area contributed by atoms with Gasteiger partial charge in [0.05, 0.1) is 27.3 Å². The van der Waals surface area contributed by atoms with Gasteiger partial charge in [0.1, 0.15) is 11.6 Å². The van der Waals surface area contributed by atoms with E-state index in [1.165, 1.54) is 41.4 Å². The largest absolute Gasteiger partial charge is 0.276 e. The highest BCUT2D eigenvalue weighted by atomic mass is 35.5. The number of benzene rings is 3. The van der Waals surface area contributed by atoms with Crippen LogP contribution < -0.4 is 0 Å². The molecule has 0 spiro atoms. The molecule has 9 heteroatoms. The van der Waals surface area contributed by atoms with Crippen molar-refractivity contribution in [1.29, 1.82) is 0 Å². The number of nitro benzene ring substituents is 1. The molecule has 1 heterocycles. The van der Waals surface area contributed by atoms with Crippen molar-refractivity contribution in [3.8, 4) is 0 Å². The number of hydrazone groups is 1. The first-order valence-electron chi connectivity index (χ1n) is 11.4. The molecule has 1 aliphatic heterocycles. The number of carbonyl (C=O) groups excluding carboxylic acids is 1. The lowest BCUT2D eigenvalue weighted by atomic mass is 9.77. The van der Waals surface area contributed by atoms with Crippen molar-refractivity contribution in [2.24, 2.45) is 11.0 Å². The smallest absolute Gasteiger partial charge is 0.267 e. The molecular formula is C27H20ClF2N3O3. The number of non-ortho nitro benzene ring substituents is 1. The lowest BCUT2D eigenvalue weighted by Gasteiger charge is -2.29. The maximum absolute atomic E-state index is 13.7. The second-order valence-corrected chi connectivity index (χ2v) is 9.18. The Morgan fingerprint density at radius 3 is 2.39 bits per heavy atom. The third kappa shape index (κ3) is 4.52. The molecule has 0 unspecified atom stereocenters. The minimum Gasteiger partial charge on any atom is -0.267 e. The summed E-state index contributed by atoms with van der Waals surface area (Å²) in [6, 6.07) is 15.1. The maximum Gasteiger partial charge on any atom is 0.276 e. The van der Waals surface area contributed by atoms with E-state index in [1.807, 2.05) is 6.08 Å². The summed E-state index contributed by atoms with van der Waals surface area (Å²) < 4.78 is 27.1. The van der Waals surface area contributed by atoms with Crippen molar-refractivity contribution in [1.82, 2.24) is 5.01 Å². The highest BCUT2D eigenvalue weighted by Gasteiger charge is 2.44. The molecular weight excluding hydrogens is 488 g/mol. The Balaban J connectivity index is 1.60. The van der Waals surface area contributed by atoms with E-state index < -0.39 is 22.7 Å². The van der Waals surface area contributed by atoms with Crippen molar-refractivity contribution in [2.75, 3.05) is 0 Å². The average molecular weight is 508 g/mol. The van der Waals surface area contributed by atoms with Gasteiger partial charge in [-0.25, -0.2) is 13.8 Å². The molecule has 36 heavy (non-hydrogen) atoms. The van der Waals surface area contributed by atoms with E-state index in [-0.39, 0.29) is 28.0 Å². The second-order valence-electron chi connectivity index (χ2n) is 8.77. The maximum atomic E-state index is 13.7. The Labute approximate surface area is 210 Å². The Morgan fingerprint density at radius 2 is 1.72 bits per heavy atom. The van der Waals surface area contributed by atoms with E-state index in [1.54, 1.807) is 24.3 Å². The van der Waals surface area contributed by atoms with E-state index in [4.69, 9.17) is 16.7 Å². The summed E-state index contributed by atoms with van der Waals surface area (Å²) in [5, 5.41) is 17.4. The Morgan fingerprint density at radius 1 is 1.06 bits per heavy atom. The number of fused-ring (bicyclic) bond motifs is 1. The second kappa shape index (κ2) is 9.62. The molecule has 6 nitrogen and oxygen atoms in total. The number of nitro groups is 1. The number of amides is 1. The minimum atomic E-state index is -0.594. The third-order valence-corrected chi connectivity index (χ3v) is 6.85. The zero-order chi connectivity index (χ0) is 25.4. The molecule has 0 aromatic heterocycles. The van der Waals surface area contributed by atoms with Crippen LogP contribution in [0.2, 0.25) is 5.02 Å². The van der Waals surface area contributed by atoms with Crippen molar-refractivity contribution in [3.05, 3.63) is 116 Å². The number of hydrogen-bond acceptors (Lipinski definition) is 4. The zero-order valence-electron chi connectivity index (χ0n) is 18.9. The van der Waals surface area contributed by atoms with Gasteiger partial charge in [-0.15, -0.1) is 0 Å². The van der Waals surface area contributed by atoms with Crippen molar-refractivity contribution >= 4 is 35.0 Å². The molecule has 182 valence electrons. The standard InChI is InChI=1S/C27H20ClF2N3O3/c28-24-13-12-21(33(35)36)15-23(24)27(34)32-26(17-6-10-20(30)11-7-17)22-3-1-2-18(25(22)31-32)14-16-4-8-19(29)9-5-16/h4-15,22,26H,1-3H2/b18-14+/t22-,26+/m0/s1. The molecule has 0 saturated heterocycles. The van der Waals surface area contributed by atoms with Crippen LogP contribution >= 0.6 is 11.6 Å². The van der Waals surface area contributed by atoms with Crippen LogP contribution in [0.1, 0.15) is 46.8 Å². The number of allylic oxidation sites excluding steroid dienone is 1. The first kappa shape index (κ1) is 23.8. The lowest BCUT2D eigenvalue weighted by molar-refractivity contribution is -0.384. The van der Waals surface area contributed by atoms with Crippen LogP contribution in [0.5, 0.6) is 0 Å². The summed E-state index contributed by atoms with van der Waals surface area (Å²) in [6.45, 7) is 0. The van der Waals surface area contributed by atoms with Crippen LogP contribution in [0, 0.1) is 27.7 Å². The molecule has 0 N–H and O–H groups in total. The van der Waals surface area contributed by atoms with Crippen molar-refractivity contribution < 1.29 is 18.5 Å². The topological polar surface area (TPSA) is 75.8 Å². The molecule has 3 aromatic rings. The van der Waals surface area contributed by atoms with Crippen LogP contribution in [0.4, 0.5) is 14.5 Å². The molecule has 0 radical (unpaired) electrons. The van der Waals surface area contributed by atoms with Crippen molar-refractivity contribution in [2.45, 2.75) is 25.3 Å². The van der Waals surface area contributed by atoms with Crippen molar-refractivity contribution in [3.63, 3.8) is 0 Å². The molecule has 0 bridgehead atoms. The molecule has 3 aromatic carbocycles. The van der Waals surface area contributed by atoms with Crippen LogP contribution in [0.3, 0.4) is 0 Å². The highest BCUT2D eigenvalue weighted by Crippen LogP contribution is 2.45. The van der Waals surface area contributed by atoms with Gasteiger partial charge in [0.2, 0.25) is 0 Å². The fourth-order valence-corrected chi connectivity index (χ4v) is 5.03. The molecule has 1 saturated carbocycles. The summed E-state index contributed by atoms with van der Waals surface area (Å²) in [4.78, 5) is 24.4. The van der Waals surface area contributed by atoms with Gasteiger partial charge in [-0.3, -0.25) is 14.9 Å². The molecule has 2 aliphatic rings. The molecule has 1 aliphatic carbocycles. The SMILES string of the molecule is O=C(c1cc([N+](=O)[O-])ccc1Cl)N1N=C2/C(=C/c3ccc(F)cc3)CCC[C@@H]2[C@H]1c1ccc(F)cc1. The van der Waals surface area contributed by atoms with Gasteiger partial charge in [0.15, 0.2) is 0 Å². The average Bonchev–Trinajstić information content (AvgIpc) is 3.26. The first-order valence-corrected chi connectivity index (χ1v) is 11.8. The van der Waals surface area contributed by atoms with Gasteiger partial charge in [-0.05, 0) is 72.4 Å². The summed E-state index contributed by atoms with van der Waals surface area (Å²) in [7, 11) is 0. The first-order chi connectivity index (χ1) is 17.3. The number of rotatable bonds is 4. The van der Waals surface area contributed by atoms with Gasteiger partial charge in [-0.1, -0.05) is 35.9 Å². The van der Waals surface area contributed by atoms with E-state index in [0.717, 1.165) is 42.2 Å². The number of carbonyl (C=O) groups is 1. The van der Waals surface area contributed by atoms with E-state index >= 15 is 0 Å². The van der Waals surface area contributed by atoms with Crippen LogP contribution in [-0.4, -0.2) is 21.6 Å². The summed E-state index contributed by atoms with van der Waals surface area (Å²) in [5.41, 5.74) is 2.84. The normalized spacial score (nSPS) is 20.2. The number of hydrogen-bond donors (Lipinski definition) is 0. The lowest BCUT2D eigenvalue weighted by Crippen LogP contribution is -2.32. The van der Waals surface area contributed by atoms with Gasteiger partial charge in [0.25, 0.3) is 11.6 Å². The summed E-state index contributed by atoms with van der Waals surface area (Å²) in [5.74, 6) is -1.49. The fraction of sp³-hybridized carbons (Fsp3) is 0.185. The molecule has 1 amide bonds. The Bertz CT molecular complexity index is 1400. The van der Waals surface area contributed by atoms with Crippen LogP contribution in [0.15, 0.2) is 77.4 Å². The Kier molecular flexibility index (Phi) is 6.36. The van der Waals surface area contributed by atoms with Gasteiger partial charge in [0, 0.05) is 18.1 Å². The highest BCUT2D eigenvalue weighted by molar-refractivity contribution is 6.34. The predicted molar refractivity (Wildman–Crippen MR) is 133 cm³/mol. The van der Waals surface area contributed by atoms with E-state index in [2.05, 4.69) is 0 Å².